The van der Waals surface area contributed by atoms with Crippen LogP contribution in [0.25, 0.3) is 0 Å². The van der Waals surface area contributed by atoms with Crippen molar-refractivity contribution >= 4 is 17.6 Å². The fourth-order valence-electron chi connectivity index (χ4n) is 4.45. The molecule has 1 atom stereocenters. The largest absolute Gasteiger partial charge is 0.493 e. The second-order valence-electron chi connectivity index (χ2n) is 8.47. The SMILES string of the molecule is COc1cccc2c1Oc1ccccc1N=C2N1CCN(C(=O)NCc2ccccc2)C(C)C1. The lowest BCUT2D eigenvalue weighted by molar-refractivity contribution is 0.134. The Morgan fingerprint density at radius 3 is 2.65 bits per heavy atom. The summed E-state index contributed by atoms with van der Waals surface area (Å²) in [6.45, 7) is 4.52. The number of ether oxygens (including phenoxy) is 2. The molecule has 3 aromatic rings. The summed E-state index contributed by atoms with van der Waals surface area (Å²) in [6, 6.07) is 23.5. The standard InChI is InChI=1S/C27H28N4O3/c1-19-18-30(15-16-31(19)27(32)28-17-20-9-4-3-5-10-20)26-21-11-8-14-24(33-2)25(21)34-23-13-7-6-12-22(23)29-26/h3-14,19H,15-18H2,1-2H3,(H,28,32). The van der Waals surface area contributed by atoms with Crippen molar-refractivity contribution in [2.45, 2.75) is 19.5 Å². The van der Waals surface area contributed by atoms with Crippen molar-refractivity contribution in [1.29, 1.82) is 0 Å². The highest BCUT2D eigenvalue weighted by Crippen LogP contribution is 2.42. The summed E-state index contributed by atoms with van der Waals surface area (Å²) < 4.78 is 11.9. The Morgan fingerprint density at radius 1 is 1.06 bits per heavy atom. The van der Waals surface area contributed by atoms with Gasteiger partial charge in [-0.05, 0) is 36.8 Å². The Morgan fingerprint density at radius 2 is 1.85 bits per heavy atom. The molecule has 0 saturated carbocycles. The maximum Gasteiger partial charge on any atom is 0.318 e. The van der Waals surface area contributed by atoms with E-state index in [2.05, 4.69) is 17.1 Å². The maximum atomic E-state index is 12.9. The van der Waals surface area contributed by atoms with Crippen LogP contribution in [-0.2, 0) is 6.54 Å². The number of methoxy groups -OCH3 is 1. The number of nitrogens with zero attached hydrogens (tertiary/aromatic N) is 3. The molecule has 2 amide bonds. The van der Waals surface area contributed by atoms with Crippen LogP contribution in [-0.4, -0.2) is 54.5 Å². The van der Waals surface area contributed by atoms with Gasteiger partial charge in [-0.15, -0.1) is 0 Å². The van der Waals surface area contributed by atoms with Crippen molar-refractivity contribution in [1.82, 2.24) is 15.1 Å². The van der Waals surface area contributed by atoms with Crippen LogP contribution >= 0.6 is 0 Å². The molecular formula is C27H28N4O3. The van der Waals surface area contributed by atoms with Gasteiger partial charge in [-0.2, -0.15) is 0 Å². The Hall–Kier alpha value is -4.00. The minimum absolute atomic E-state index is 0.0145. The van der Waals surface area contributed by atoms with Crippen molar-refractivity contribution in [3.05, 3.63) is 83.9 Å². The van der Waals surface area contributed by atoms with E-state index in [0.29, 0.717) is 43.4 Å². The zero-order chi connectivity index (χ0) is 23.5. The lowest BCUT2D eigenvalue weighted by atomic mass is 10.1. The van der Waals surface area contributed by atoms with Gasteiger partial charge in [0, 0.05) is 32.2 Å². The summed E-state index contributed by atoms with van der Waals surface area (Å²) in [6.07, 6.45) is 0. The van der Waals surface area contributed by atoms with Crippen LogP contribution in [0.15, 0.2) is 77.8 Å². The van der Waals surface area contributed by atoms with Gasteiger partial charge in [-0.25, -0.2) is 9.79 Å². The molecule has 1 fully saturated rings. The van der Waals surface area contributed by atoms with Crippen molar-refractivity contribution in [2.24, 2.45) is 4.99 Å². The number of piperazine rings is 1. The minimum Gasteiger partial charge on any atom is -0.493 e. The van der Waals surface area contributed by atoms with Gasteiger partial charge in [0.15, 0.2) is 17.2 Å². The maximum absolute atomic E-state index is 12.9. The number of amides is 2. The van der Waals surface area contributed by atoms with Gasteiger partial charge in [0.2, 0.25) is 0 Å². The smallest absolute Gasteiger partial charge is 0.318 e. The number of hydrogen-bond donors (Lipinski definition) is 1. The van der Waals surface area contributed by atoms with E-state index >= 15 is 0 Å². The first-order valence-corrected chi connectivity index (χ1v) is 11.5. The van der Waals surface area contributed by atoms with Crippen LogP contribution in [0, 0.1) is 0 Å². The normalized spacial score (nSPS) is 17.0. The Labute approximate surface area is 199 Å². The first-order valence-electron chi connectivity index (χ1n) is 11.5. The van der Waals surface area contributed by atoms with E-state index < -0.39 is 0 Å². The molecule has 2 aliphatic rings. The second kappa shape index (κ2) is 9.47. The molecular weight excluding hydrogens is 428 g/mol. The fourth-order valence-corrected chi connectivity index (χ4v) is 4.45. The molecule has 2 heterocycles. The Kier molecular flexibility index (Phi) is 6.08. The number of carbonyl (C=O) groups is 1. The second-order valence-corrected chi connectivity index (χ2v) is 8.47. The van der Waals surface area contributed by atoms with E-state index in [0.717, 1.165) is 22.6 Å². The molecule has 1 saturated heterocycles. The minimum atomic E-state index is -0.0467. The number of carbonyl (C=O) groups excluding carboxylic acids is 1. The first-order chi connectivity index (χ1) is 16.6. The summed E-state index contributed by atoms with van der Waals surface area (Å²) in [5.41, 5.74) is 2.73. The van der Waals surface area contributed by atoms with Crippen LogP contribution in [0.5, 0.6) is 17.2 Å². The molecule has 174 valence electrons. The van der Waals surface area contributed by atoms with Gasteiger partial charge in [0.1, 0.15) is 11.5 Å². The Bertz CT molecular complexity index is 1210. The van der Waals surface area contributed by atoms with Gasteiger partial charge in [-0.3, -0.25) is 0 Å². The highest BCUT2D eigenvalue weighted by Gasteiger charge is 2.32. The molecule has 7 heteroatoms. The predicted molar refractivity (Wildman–Crippen MR) is 132 cm³/mol. The van der Waals surface area contributed by atoms with E-state index in [1.807, 2.05) is 77.7 Å². The van der Waals surface area contributed by atoms with Crippen molar-refractivity contribution in [2.75, 3.05) is 26.7 Å². The molecule has 0 bridgehead atoms. The lowest BCUT2D eigenvalue weighted by Gasteiger charge is -2.41. The summed E-state index contributed by atoms with van der Waals surface area (Å²) in [4.78, 5) is 22.0. The predicted octanol–water partition coefficient (Wildman–Crippen LogP) is 4.80. The van der Waals surface area contributed by atoms with Crippen LogP contribution in [0.4, 0.5) is 10.5 Å². The monoisotopic (exact) mass is 456 g/mol. The molecule has 2 aliphatic heterocycles. The molecule has 0 aliphatic carbocycles. The highest BCUT2D eigenvalue weighted by molar-refractivity contribution is 6.04. The van der Waals surface area contributed by atoms with Crippen molar-refractivity contribution in [3.8, 4) is 17.2 Å². The molecule has 0 radical (unpaired) electrons. The number of nitrogens with one attached hydrogen (secondary N) is 1. The van der Waals surface area contributed by atoms with E-state index in [9.17, 15) is 4.79 Å². The average molecular weight is 457 g/mol. The third-order valence-corrected chi connectivity index (χ3v) is 6.22. The molecule has 3 aromatic carbocycles. The molecule has 7 nitrogen and oxygen atoms in total. The van der Waals surface area contributed by atoms with E-state index in [1.54, 1.807) is 7.11 Å². The van der Waals surface area contributed by atoms with E-state index in [1.165, 1.54) is 0 Å². The average Bonchev–Trinajstić information content (AvgIpc) is 3.04. The highest BCUT2D eigenvalue weighted by atomic mass is 16.5. The van der Waals surface area contributed by atoms with E-state index in [4.69, 9.17) is 14.5 Å². The van der Waals surface area contributed by atoms with Gasteiger partial charge in [0.25, 0.3) is 0 Å². The summed E-state index contributed by atoms with van der Waals surface area (Å²) in [5.74, 6) is 2.84. The molecule has 0 aromatic heterocycles. The van der Waals surface area contributed by atoms with Crippen LogP contribution in [0.3, 0.4) is 0 Å². The lowest BCUT2D eigenvalue weighted by Crippen LogP contribution is -2.57. The molecule has 0 spiro atoms. The van der Waals surface area contributed by atoms with Crippen molar-refractivity contribution in [3.63, 3.8) is 0 Å². The topological polar surface area (TPSA) is 66.4 Å². The van der Waals surface area contributed by atoms with Gasteiger partial charge in [0.05, 0.1) is 12.7 Å². The van der Waals surface area contributed by atoms with E-state index in [-0.39, 0.29) is 12.1 Å². The molecule has 5 rings (SSSR count). The summed E-state index contributed by atoms with van der Waals surface area (Å²) in [7, 11) is 1.64. The zero-order valence-electron chi connectivity index (χ0n) is 19.4. The van der Waals surface area contributed by atoms with Crippen molar-refractivity contribution < 1.29 is 14.3 Å². The van der Waals surface area contributed by atoms with Gasteiger partial charge in [-0.1, -0.05) is 48.5 Å². The number of benzene rings is 3. The third kappa shape index (κ3) is 4.29. The zero-order valence-corrected chi connectivity index (χ0v) is 19.4. The molecule has 34 heavy (non-hydrogen) atoms. The first kappa shape index (κ1) is 21.8. The number of urea groups is 1. The van der Waals surface area contributed by atoms with Gasteiger partial charge < -0.3 is 24.6 Å². The quantitative estimate of drug-likeness (QED) is 0.615. The fraction of sp³-hybridized carbons (Fsp3) is 0.259. The molecule has 1 unspecified atom stereocenters. The summed E-state index contributed by atoms with van der Waals surface area (Å²) in [5, 5.41) is 3.05. The van der Waals surface area contributed by atoms with Crippen LogP contribution < -0.4 is 14.8 Å². The molecule has 1 N–H and O–H groups in total. The number of fused-ring (bicyclic) bond motifs is 2. The van der Waals surface area contributed by atoms with Crippen LogP contribution in [0.1, 0.15) is 18.1 Å². The number of rotatable bonds is 3. The summed E-state index contributed by atoms with van der Waals surface area (Å²) >= 11 is 0. The number of hydrogen-bond acceptors (Lipinski definition) is 5. The number of amidine groups is 1. The van der Waals surface area contributed by atoms with Crippen LogP contribution in [0.2, 0.25) is 0 Å². The third-order valence-electron chi connectivity index (χ3n) is 6.22. The van der Waals surface area contributed by atoms with Gasteiger partial charge >= 0.3 is 6.03 Å². The number of aliphatic imine (C=N–C) groups is 1. The Balaban J connectivity index is 1.37. The number of para-hydroxylation sites is 3.